The first kappa shape index (κ1) is 22.0. The van der Waals surface area contributed by atoms with Crippen LogP contribution < -0.4 is 5.32 Å². The van der Waals surface area contributed by atoms with E-state index in [0.717, 1.165) is 55.8 Å². The van der Waals surface area contributed by atoms with Crippen LogP contribution in [-0.4, -0.2) is 44.3 Å². The number of benzene rings is 2. The summed E-state index contributed by atoms with van der Waals surface area (Å²) in [6.45, 7) is 6.63. The maximum absolute atomic E-state index is 12.4. The molecule has 0 radical (unpaired) electrons. The number of hydrogen-bond donors (Lipinski definition) is 1. The number of piperidine rings is 1. The van der Waals surface area contributed by atoms with Gasteiger partial charge in [0.25, 0.3) is 0 Å². The summed E-state index contributed by atoms with van der Waals surface area (Å²) in [5, 5.41) is 8.12. The summed E-state index contributed by atoms with van der Waals surface area (Å²) in [5.41, 5.74) is 4.56. The van der Waals surface area contributed by atoms with Crippen molar-refractivity contribution in [2.24, 2.45) is 5.92 Å². The molecule has 2 aromatic carbocycles. The minimum Gasteiger partial charge on any atom is -0.353 e. The number of rotatable bonds is 6. The van der Waals surface area contributed by atoms with Crippen LogP contribution in [0.1, 0.15) is 36.8 Å². The molecule has 2 aliphatic rings. The molecule has 1 saturated carbocycles. The van der Waals surface area contributed by atoms with Gasteiger partial charge >= 0.3 is 0 Å². The fourth-order valence-corrected chi connectivity index (χ4v) is 4.73. The number of nitrogens with one attached hydrogen (secondary N) is 1. The minimum atomic E-state index is 0.128. The van der Waals surface area contributed by atoms with Crippen molar-refractivity contribution in [3.63, 3.8) is 0 Å². The number of aromatic nitrogens is 3. The summed E-state index contributed by atoms with van der Waals surface area (Å²) in [4.78, 5) is 14.8. The van der Waals surface area contributed by atoms with E-state index in [9.17, 15) is 4.79 Å². The van der Waals surface area contributed by atoms with Crippen LogP contribution in [0.4, 0.5) is 0 Å². The predicted molar refractivity (Wildman–Crippen MR) is 133 cm³/mol. The SMILES string of the molecule is Cc1ccc(-n2c(-c3ccccc3)nn(CN3CCC(C(=O)NC4CC4)CC3)c2=S)cc1C. The molecule has 1 aromatic heterocycles. The molecule has 33 heavy (non-hydrogen) atoms. The van der Waals surface area contributed by atoms with E-state index >= 15 is 0 Å². The fourth-order valence-electron chi connectivity index (χ4n) is 4.44. The highest BCUT2D eigenvalue weighted by Gasteiger charge is 2.30. The smallest absolute Gasteiger partial charge is 0.223 e. The fraction of sp³-hybridized carbons (Fsp3) is 0.423. The Labute approximate surface area is 200 Å². The lowest BCUT2D eigenvalue weighted by Crippen LogP contribution is -2.41. The largest absolute Gasteiger partial charge is 0.353 e. The summed E-state index contributed by atoms with van der Waals surface area (Å²) >= 11 is 5.93. The van der Waals surface area contributed by atoms with E-state index in [-0.39, 0.29) is 11.8 Å². The number of carbonyl (C=O) groups is 1. The van der Waals surface area contributed by atoms with Crippen molar-refractivity contribution in [1.29, 1.82) is 0 Å². The van der Waals surface area contributed by atoms with Gasteiger partial charge in [-0.15, -0.1) is 5.10 Å². The van der Waals surface area contributed by atoms with Gasteiger partial charge in [0.15, 0.2) is 5.82 Å². The molecular weight excluding hydrogens is 430 g/mol. The highest BCUT2D eigenvalue weighted by molar-refractivity contribution is 7.71. The monoisotopic (exact) mass is 461 g/mol. The Morgan fingerprint density at radius 2 is 1.76 bits per heavy atom. The molecule has 5 rings (SSSR count). The Balaban J connectivity index is 1.39. The van der Waals surface area contributed by atoms with Crippen molar-refractivity contribution < 1.29 is 4.79 Å². The van der Waals surface area contributed by atoms with Crippen LogP contribution in [0.3, 0.4) is 0 Å². The lowest BCUT2D eigenvalue weighted by atomic mass is 9.96. The van der Waals surface area contributed by atoms with E-state index in [0.29, 0.717) is 17.5 Å². The molecule has 1 saturated heterocycles. The van der Waals surface area contributed by atoms with Gasteiger partial charge in [-0.2, -0.15) is 0 Å². The second kappa shape index (κ2) is 9.23. The van der Waals surface area contributed by atoms with Crippen molar-refractivity contribution in [2.45, 2.75) is 52.2 Å². The molecule has 0 spiro atoms. The predicted octanol–water partition coefficient (Wildman–Crippen LogP) is 4.64. The number of likely N-dealkylation sites (tertiary alicyclic amines) is 1. The number of hydrogen-bond acceptors (Lipinski definition) is 4. The zero-order valence-corrected chi connectivity index (χ0v) is 20.1. The standard InChI is InChI=1S/C26H31N5OS/c1-18-8-11-23(16-19(18)2)31-24(20-6-4-3-5-7-20)28-30(26(31)33)17-29-14-12-21(13-15-29)25(32)27-22-9-10-22/h3-8,11,16,21-22H,9-10,12-15,17H2,1-2H3,(H,27,32). The molecule has 2 fully saturated rings. The average molecular weight is 462 g/mol. The molecule has 1 aliphatic carbocycles. The van der Waals surface area contributed by atoms with Gasteiger partial charge in [-0.25, -0.2) is 4.68 Å². The zero-order chi connectivity index (χ0) is 22.9. The third-order valence-electron chi connectivity index (χ3n) is 6.84. The molecule has 7 heteroatoms. The molecule has 2 heterocycles. The molecular formula is C26H31N5OS. The molecule has 0 unspecified atom stereocenters. The molecule has 6 nitrogen and oxygen atoms in total. The first-order chi connectivity index (χ1) is 16.0. The summed E-state index contributed by atoms with van der Waals surface area (Å²) in [5.74, 6) is 1.21. The van der Waals surface area contributed by atoms with Gasteiger partial charge < -0.3 is 5.32 Å². The van der Waals surface area contributed by atoms with Crippen LogP contribution in [0.5, 0.6) is 0 Å². The molecule has 1 amide bonds. The van der Waals surface area contributed by atoms with Crippen LogP contribution in [0.25, 0.3) is 17.1 Å². The van der Waals surface area contributed by atoms with Crippen molar-refractivity contribution in [3.8, 4) is 17.1 Å². The summed E-state index contributed by atoms with van der Waals surface area (Å²) in [6, 6.07) is 17.1. The van der Waals surface area contributed by atoms with Crippen molar-refractivity contribution in [3.05, 3.63) is 64.4 Å². The van der Waals surface area contributed by atoms with E-state index in [1.165, 1.54) is 11.1 Å². The van der Waals surface area contributed by atoms with E-state index < -0.39 is 0 Å². The molecule has 3 aromatic rings. The molecule has 0 atom stereocenters. The van der Waals surface area contributed by atoms with Gasteiger partial charge in [0.2, 0.25) is 10.7 Å². The van der Waals surface area contributed by atoms with E-state index in [4.69, 9.17) is 17.3 Å². The normalized spacial score (nSPS) is 17.3. The maximum atomic E-state index is 12.4. The van der Waals surface area contributed by atoms with Crippen molar-refractivity contribution in [2.75, 3.05) is 13.1 Å². The molecule has 1 N–H and O–H groups in total. The van der Waals surface area contributed by atoms with Gasteiger partial charge in [0.05, 0.1) is 12.4 Å². The third-order valence-corrected chi connectivity index (χ3v) is 7.23. The van der Waals surface area contributed by atoms with Gasteiger partial charge in [0, 0.05) is 30.6 Å². The lowest BCUT2D eigenvalue weighted by Gasteiger charge is -2.30. The zero-order valence-electron chi connectivity index (χ0n) is 19.3. The molecule has 0 bridgehead atoms. The van der Waals surface area contributed by atoms with Crippen LogP contribution >= 0.6 is 12.2 Å². The quantitative estimate of drug-likeness (QED) is 0.544. The Morgan fingerprint density at radius 3 is 2.42 bits per heavy atom. The number of nitrogens with zero attached hydrogens (tertiary/aromatic N) is 4. The highest BCUT2D eigenvalue weighted by Crippen LogP contribution is 2.26. The summed E-state index contributed by atoms with van der Waals surface area (Å²) < 4.78 is 4.69. The molecule has 1 aliphatic heterocycles. The van der Waals surface area contributed by atoms with Crippen molar-refractivity contribution >= 4 is 18.1 Å². The van der Waals surface area contributed by atoms with Gasteiger partial charge in [-0.05, 0) is 75.0 Å². The Bertz CT molecular complexity index is 1200. The maximum Gasteiger partial charge on any atom is 0.223 e. The second-order valence-corrected chi connectivity index (χ2v) is 9.76. The number of aryl methyl sites for hydroxylation is 2. The van der Waals surface area contributed by atoms with Gasteiger partial charge in [0.1, 0.15) is 0 Å². The van der Waals surface area contributed by atoms with Crippen LogP contribution in [0.2, 0.25) is 0 Å². The Morgan fingerprint density at radius 1 is 1.03 bits per heavy atom. The van der Waals surface area contributed by atoms with Crippen molar-refractivity contribution in [1.82, 2.24) is 24.6 Å². The minimum absolute atomic E-state index is 0.128. The van der Waals surface area contributed by atoms with Gasteiger partial charge in [-0.1, -0.05) is 36.4 Å². The summed E-state index contributed by atoms with van der Waals surface area (Å²) in [6.07, 6.45) is 4.04. The van der Waals surface area contributed by atoms with Crippen LogP contribution in [0, 0.1) is 24.5 Å². The number of carbonyl (C=O) groups excluding carboxylic acids is 1. The van der Waals surface area contributed by atoms with Crippen LogP contribution in [0.15, 0.2) is 48.5 Å². The third kappa shape index (κ3) is 4.80. The average Bonchev–Trinajstić information content (AvgIpc) is 3.59. The van der Waals surface area contributed by atoms with E-state index in [2.05, 4.69) is 59.0 Å². The van der Waals surface area contributed by atoms with E-state index in [1.807, 2.05) is 22.9 Å². The highest BCUT2D eigenvalue weighted by atomic mass is 32.1. The Kier molecular flexibility index (Phi) is 6.17. The topological polar surface area (TPSA) is 55.1 Å². The first-order valence-electron chi connectivity index (χ1n) is 11.9. The Hall–Kier alpha value is -2.77. The van der Waals surface area contributed by atoms with Gasteiger partial charge in [-0.3, -0.25) is 14.3 Å². The van der Waals surface area contributed by atoms with Crippen LogP contribution in [-0.2, 0) is 11.5 Å². The van der Waals surface area contributed by atoms with E-state index in [1.54, 1.807) is 0 Å². The number of amides is 1. The summed E-state index contributed by atoms with van der Waals surface area (Å²) in [7, 11) is 0. The lowest BCUT2D eigenvalue weighted by molar-refractivity contribution is -0.126. The second-order valence-electron chi connectivity index (χ2n) is 9.39. The first-order valence-corrected chi connectivity index (χ1v) is 12.3. The molecule has 172 valence electrons.